The molecule has 0 aliphatic rings. The molecule has 0 atom stereocenters. The van der Waals surface area contributed by atoms with Crippen LogP contribution in [0.5, 0.6) is 0 Å². The third-order valence-electron chi connectivity index (χ3n) is 11.1. The number of aromatic nitrogens is 6. The van der Waals surface area contributed by atoms with E-state index in [4.69, 9.17) is 19.4 Å². The molecule has 7 nitrogen and oxygen atoms in total. The molecule has 0 N–H and O–H groups in total. The molecule has 0 aliphatic heterocycles. The summed E-state index contributed by atoms with van der Waals surface area (Å²) >= 11 is 0. The van der Waals surface area contributed by atoms with E-state index in [9.17, 15) is 0 Å². The van der Waals surface area contributed by atoms with Crippen LogP contribution in [0, 0.1) is 0 Å². The zero-order valence-corrected chi connectivity index (χ0v) is 30.4. The predicted octanol–water partition coefficient (Wildman–Crippen LogP) is 12.4. The number of nitrogens with zero attached hydrogens (tertiary/aromatic N) is 6. The minimum Gasteiger partial charge on any atom is -0.438 e. The van der Waals surface area contributed by atoms with Gasteiger partial charge in [-0.15, -0.1) is 0 Å². The molecule has 0 saturated carbocycles. The smallest absolute Gasteiger partial charge is 0.238 e. The van der Waals surface area contributed by atoms with E-state index < -0.39 is 0 Å². The van der Waals surface area contributed by atoms with Crippen molar-refractivity contribution >= 4 is 65.7 Å². The molecule has 0 spiro atoms. The van der Waals surface area contributed by atoms with Crippen LogP contribution in [0.2, 0.25) is 0 Å². The Morgan fingerprint density at radius 2 is 0.965 bits per heavy atom. The van der Waals surface area contributed by atoms with Crippen molar-refractivity contribution in [2.45, 2.75) is 0 Å². The third kappa shape index (κ3) is 4.86. The lowest BCUT2D eigenvalue weighted by atomic mass is 10.0. The highest BCUT2D eigenvalue weighted by atomic mass is 16.3. The van der Waals surface area contributed by atoms with Gasteiger partial charge in [-0.1, -0.05) is 115 Å². The van der Waals surface area contributed by atoms with Gasteiger partial charge in [0.25, 0.3) is 0 Å². The average Bonchev–Trinajstić information content (AvgIpc) is 3.94. The SMILES string of the molecule is c1ccc(-c2nc(-c3ccnc4oc5ccccc5c34)nc(-n3c4ccccc4c4cc(-c5ccc6c(c5)c5ccccc5n6-c5ccccc5)ccc43)n2)cc1. The van der Waals surface area contributed by atoms with Crippen LogP contribution in [0.15, 0.2) is 187 Å². The lowest BCUT2D eigenvalue weighted by Gasteiger charge is -2.11. The first-order chi connectivity index (χ1) is 28.3. The lowest BCUT2D eigenvalue weighted by molar-refractivity contribution is 0.654. The molecular formula is C50H30N6O. The van der Waals surface area contributed by atoms with E-state index in [1.54, 1.807) is 6.20 Å². The van der Waals surface area contributed by atoms with Gasteiger partial charge in [-0.2, -0.15) is 9.97 Å². The topological polar surface area (TPSA) is 74.6 Å². The summed E-state index contributed by atoms with van der Waals surface area (Å²) in [6, 6.07) is 61.3. The molecule has 7 aromatic carbocycles. The fraction of sp³-hybridized carbons (Fsp3) is 0. The number of hydrogen-bond donors (Lipinski definition) is 0. The van der Waals surface area contributed by atoms with Crippen molar-refractivity contribution in [3.63, 3.8) is 0 Å². The van der Waals surface area contributed by atoms with Crippen molar-refractivity contribution < 1.29 is 4.42 Å². The first-order valence-electron chi connectivity index (χ1n) is 19.0. The van der Waals surface area contributed by atoms with Crippen LogP contribution in [-0.2, 0) is 0 Å². The molecule has 0 fully saturated rings. The molecule has 7 heteroatoms. The first-order valence-corrected chi connectivity index (χ1v) is 19.0. The van der Waals surface area contributed by atoms with Gasteiger partial charge in [-0.25, -0.2) is 9.97 Å². The number of benzene rings is 7. The second-order valence-corrected chi connectivity index (χ2v) is 14.3. The van der Waals surface area contributed by atoms with E-state index in [1.807, 2.05) is 54.6 Å². The summed E-state index contributed by atoms with van der Waals surface area (Å²) in [5.41, 5.74) is 10.9. The molecular weight excluding hydrogens is 701 g/mol. The zero-order chi connectivity index (χ0) is 37.5. The maximum atomic E-state index is 6.17. The van der Waals surface area contributed by atoms with E-state index in [0.717, 1.165) is 66.1 Å². The highest BCUT2D eigenvalue weighted by molar-refractivity contribution is 6.13. The van der Waals surface area contributed by atoms with Gasteiger partial charge in [0.15, 0.2) is 11.6 Å². The summed E-state index contributed by atoms with van der Waals surface area (Å²) in [4.78, 5) is 20.1. The Morgan fingerprint density at radius 3 is 1.68 bits per heavy atom. The quantitative estimate of drug-likeness (QED) is 0.176. The summed E-state index contributed by atoms with van der Waals surface area (Å²) in [6.45, 7) is 0. The van der Waals surface area contributed by atoms with E-state index in [-0.39, 0.29) is 0 Å². The normalized spacial score (nSPS) is 11.9. The van der Waals surface area contributed by atoms with Crippen molar-refractivity contribution in [2.75, 3.05) is 0 Å². The lowest BCUT2D eigenvalue weighted by Crippen LogP contribution is -2.06. The number of para-hydroxylation sites is 4. The summed E-state index contributed by atoms with van der Waals surface area (Å²) in [6.07, 6.45) is 1.75. The van der Waals surface area contributed by atoms with Crippen molar-refractivity contribution in [1.82, 2.24) is 29.1 Å². The van der Waals surface area contributed by atoms with Gasteiger partial charge in [-0.05, 0) is 71.8 Å². The maximum absolute atomic E-state index is 6.17. The molecule has 0 bridgehead atoms. The number of hydrogen-bond acceptors (Lipinski definition) is 5. The Bertz CT molecular complexity index is 3530. The summed E-state index contributed by atoms with van der Waals surface area (Å²) in [5, 5.41) is 6.52. The molecule has 0 amide bonds. The van der Waals surface area contributed by atoms with Crippen LogP contribution >= 0.6 is 0 Å². The van der Waals surface area contributed by atoms with Crippen molar-refractivity contribution in [3.05, 3.63) is 182 Å². The van der Waals surface area contributed by atoms with E-state index in [1.165, 1.54) is 21.8 Å². The van der Waals surface area contributed by atoms with Crippen LogP contribution in [0.25, 0.3) is 111 Å². The van der Waals surface area contributed by atoms with Crippen molar-refractivity contribution in [3.8, 4) is 45.5 Å². The number of rotatable bonds is 5. The summed E-state index contributed by atoms with van der Waals surface area (Å²) < 4.78 is 10.7. The minimum absolute atomic E-state index is 0.533. The fourth-order valence-electron chi connectivity index (χ4n) is 8.51. The molecule has 5 heterocycles. The molecule has 12 aromatic rings. The van der Waals surface area contributed by atoms with Crippen LogP contribution in [-0.4, -0.2) is 29.1 Å². The predicted molar refractivity (Wildman–Crippen MR) is 230 cm³/mol. The van der Waals surface area contributed by atoms with Gasteiger partial charge in [0.05, 0.1) is 27.5 Å². The van der Waals surface area contributed by atoms with Crippen molar-refractivity contribution in [1.29, 1.82) is 0 Å². The third-order valence-corrected chi connectivity index (χ3v) is 11.1. The molecule has 5 aromatic heterocycles. The van der Waals surface area contributed by atoms with Crippen LogP contribution in [0.4, 0.5) is 0 Å². The van der Waals surface area contributed by atoms with Crippen LogP contribution in [0.1, 0.15) is 0 Å². The molecule has 57 heavy (non-hydrogen) atoms. The van der Waals surface area contributed by atoms with Crippen LogP contribution in [0.3, 0.4) is 0 Å². The Kier molecular flexibility index (Phi) is 6.79. The summed E-state index contributed by atoms with van der Waals surface area (Å²) in [7, 11) is 0. The molecule has 0 unspecified atom stereocenters. The van der Waals surface area contributed by atoms with Gasteiger partial charge in [0, 0.05) is 49.9 Å². The Balaban J connectivity index is 1.07. The fourth-order valence-corrected chi connectivity index (χ4v) is 8.51. The van der Waals surface area contributed by atoms with E-state index in [0.29, 0.717) is 23.3 Å². The number of pyridine rings is 1. The Hall–Kier alpha value is -7.90. The molecule has 0 aliphatic carbocycles. The summed E-state index contributed by atoms with van der Waals surface area (Å²) in [5.74, 6) is 1.66. The standard InChI is InChI=1S/C50H30N6O/c1-3-13-31(14-4-1)47-52-48(38-27-28-51-49-46(38)37-19-9-12-22-45(37)57-49)54-50(53-47)56-42-21-11-8-18-36(42)40-30-33(24-26-44(40)56)32-23-25-43-39(29-32)35-17-7-10-20-41(35)55(43)34-15-5-2-6-16-34/h1-30H. The van der Waals surface area contributed by atoms with Gasteiger partial charge in [0.1, 0.15) is 5.58 Å². The van der Waals surface area contributed by atoms with Crippen molar-refractivity contribution in [2.24, 2.45) is 0 Å². The van der Waals surface area contributed by atoms with Gasteiger partial charge < -0.3 is 8.98 Å². The van der Waals surface area contributed by atoms with Gasteiger partial charge in [0.2, 0.25) is 11.7 Å². The Morgan fingerprint density at radius 1 is 0.404 bits per heavy atom. The van der Waals surface area contributed by atoms with E-state index in [2.05, 4.69) is 135 Å². The number of fused-ring (bicyclic) bond motifs is 9. The second kappa shape index (κ2) is 12.3. The average molecular weight is 731 g/mol. The molecule has 12 rings (SSSR count). The molecule has 0 saturated heterocycles. The maximum Gasteiger partial charge on any atom is 0.238 e. The minimum atomic E-state index is 0.533. The monoisotopic (exact) mass is 730 g/mol. The Labute approximate surface area is 325 Å². The van der Waals surface area contributed by atoms with E-state index >= 15 is 0 Å². The second-order valence-electron chi connectivity index (χ2n) is 14.3. The molecule has 266 valence electrons. The largest absolute Gasteiger partial charge is 0.438 e. The van der Waals surface area contributed by atoms with Gasteiger partial charge >= 0.3 is 0 Å². The van der Waals surface area contributed by atoms with Gasteiger partial charge in [-0.3, -0.25) is 4.57 Å². The molecule has 0 radical (unpaired) electrons. The highest BCUT2D eigenvalue weighted by Gasteiger charge is 2.21. The zero-order valence-electron chi connectivity index (χ0n) is 30.4. The number of furan rings is 1. The first kappa shape index (κ1) is 31.5. The highest BCUT2D eigenvalue weighted by Crippen LogP contribution is 2.39. The van der Waals surface area contributed by atoms with Crippen LogP contribution < -0.4 is 0 Å².